The lowest BCUT2D eigenvalue weighted by atomic mass is 9.92. The van der Waals surface area contributed by atoms with E-state index in [1.54, 1.807) is 11.0 Å². The number of nitrogens with two attached hydrogens (primary N) is 1. The van der Waals surface area contributed by atoms with Crippen molar-refractivity contribution in [3.8, 4) is 11.5 Å². The molecule has 5 heteroatoms. The van der Waals surface area contributed by atoms with Crippen LogP contribution in [0.1, 0.15) is 30.1 Å². The molecule has 0 bridgehead atoms. The standard InChI is InChI=1S/C14H20N2O3/c1-9(15)10-4-3-7-16(8-10)14(19)11-5-2-6-12(17)13(11)18/h2,5-6,9-10,17-18H,3-4,7-8,15H2,1H3. The van der Waals surface area contributed by atoms with Crippen LogP contribution >= 0.6 is 0 Å². The molecule has 0 aromatic heterocycles. The molecule has 1 heterocycles. The number of piperidine rings is 1. The first-order valence-corrected chi connectivity index (χ1v) is 6.56. The summed E-state index contributed by atoms with van der Waals surface area (Å²) in [5.41, 5.74) is 6.04. The van der Waals surface area contributed by atoms with Crippen molar-refractivity contribution < 1.29 is 15.0 Å². The van der Waals surface area contributed by atoms with E-state index in [4.69, 9.17) is 5.73 Å². The van der Waals surface area contributed by atoms with Gasteiger partial charge in [-0.15, -0.1) is 0 Å². The summed E-state index contributed by atoms with van der Waals surface area (Å²) < 4.78 is 0. The molecule has 1 amide bonds. The Labute approximate surface area is 112 Å². The Morgan fingerprint density at radius 1 is 1.47 bits per heavy atom. The van der Waals surface area contributed by atoms with Crippen molar-refractivity contribution in [1.82, 2.24) is 4.90 Å². The molecular weight excluding hydrogens is 244 g/mol. The minimum atomic E-state index is -0.351. The van der Waals surface area contributed by atoms with Crippen molar-refractivity contribution in [3.05, 3.63) is 23.8 Å². The fourth-order valence-corrected chi connectivity index (χ4v) is 2.50. The number of hydrogen-bond acceptors (Lipinski definition) is 4. The number of phenolic OH excluding ortho intramolecular Hbond substituents is 2. The first-order chi connectivity index (χ1) is 9.00. The molecule has 1 aliphatic heterocycles. The van der Waals surface area contributed by atoms with E-state index in [1.807, 2.05) is 6.92 Å². The third-order valence-corrected chi connectivity index (χ3v) is 3.73. The third-order valence-electron chi connectivity index (χ3n) is 3.73. The molecule has 1 aromatic rings. The highest BCUT2D eigenvalue weighted by molar-refractivity contribution is 5.97. The van der Waals surface area contributed by atoms with Gasteiger partial charge in [0.2, 0.25) is 0 Å². The van der Waals surface area contributed by atoms with Gasteiger partial charge in [0, 0.05) is 19.1 Å². The molecule has 0 radical (unpaired) electrons. The van der Waals surface area contributed by atoms with Crippen molar-refractivity contribution in [2.45, 2.75) is 25.8 Å². The van der Waals surface area contributed by atoms with Gasteiger partial charge in [-0.05, 0) is 37.8 Å². The zero-order valence-corrected chi connectivity index (χ0v) is 11.0. The van der Waals surface area contributed by atoms with Crippen LogP contribution in [-0.2, 0) is 0 Å². The fourth-order valence-electron chi connectivity index (χ4n) is 2.50. The Kier molecular flexibility index (Phi) is 3.95. The smallest absolute Gasteiger partial charge is 0.257 e. The van der Waals surface area contributed by atoms with E-state index in [-0.39, 0.29) is 34.9 Å². The lowest BCUT2D eigenvalue weighted by Gasteiger charge is -2.34. The molecule has 1 fully saturated rings. The molecule has 104 valence electrons. The minimum Gasteiger partial charge on any atom is -0.504 e. The number of amides is 1. The minimum absolute atomic E-state index is 0.0494. The summed E-state index contributed by atoms with van der Waals surface area (Å²) in [6.07, 6.45) is 1.94. The van der Waals surface area contributed by atoms with E-state index in [1.165, 1.54) is 12.1 Å². The Balaban J connectivity index is 2.17. The third kappa shape index (κ3) is 2.81. The number of carbonyl (C=O) groups excluding carboxylic acids is 1. The van der Waals surface area contributed by atoms with Gasteiger partial charge in [-0.3, -0.25) is 4.79 Å². The quantitative estimate of drug-likeness (QED) is 0.703. The molecule has 4 N–H and O–H groups in total. The topological polar surface area (TPSA) is 86.8 Å². The summed E-state index contributed by atoms with van der Waals surface area (Å²) >= 11 is 0. The number of phenols is 2. The summed E-state index contributed by atoms with van der Waals surface area (Å²) in [7, 11) is 0. The van der Waals surface area contributed by atoms with Crippen molar-refractivity contribution in [2.24, 2.45) is 11.7 Å². The van der Waals surface area contributed by atoms with Gasteiger partial charge in [0.25, 0.3) is 5.91 Å². The van der Waals surface area contributed by atoms with E-state index in [0.29, 0.717) is 13.1 Å². The van der Waals surface area contributed by atoms with Gasteiger partial charge in [0.15, 0.2) is 11.5 Å². The second kappa shape index (κ2) is 5.48. The van der Waals surface area contributed by atoms with Gasteiger partial charge in [-0.1, -0.05) is 6.07 Å². The van der Waals surface area contributed by atoms with Crippen molar-refractivity contribution in [1.29, 1.82) is 0 Å². The molecule has 19 heavy (non-hydrogen) atoms. The summed E-state index contributed by atoms with van der Waals surface area (Å²) in [5.74, 6) is -0.585. The van der Waals surface area contributed by atoms with Crippen LogP contribution in [-0.4, -0.2) is 40.2 Å². The normalized spacial score (nSPS) is 21.2. The SMILES string of the molecule is CC(N)C1CCCN(C(=O)c2cccc(O)c2O)C1. The van der Waals surface area contributed by atoms with Crippen LogP contribution in [0.25, 0.3) is 0 Å². The Morgan fingerprint density at radius 3 is 2.89 bits per heavy atom. The number of nitrogens with zero attached hydrogens (tertiary/aromatic N) is 1. The van der Waals surface area contributed by atoms with Crippen LogP contribution in [0.2, 0.25) is 0 Å². The molecule has 2 unspecified atom stereocenters. The number of hydrogen-bond donors (Lipinski definition) is 3. The van der Waals surface area contributed by atoms with Crippen molar-refractivity contribution in [2.75, 3.05) is 13.1 Å². The molecular formula is C14H20N2O3. The highest BCUT2D eigenvalue weighted by Crippen LogP contribution is 2.30. The maximum absolute atomic E-state index is 12.4. The maximum Gasteiger partial charge on any atom is 0.257 e. The molecule has 5 nitrogen and oxygen atoms in total. The average molecular weight is 264 g/mol. The van der Waals surface area contributed by atoms with Crippen LogP contribution in [0.5, 0.6) is 11.5 Å². The number of para-hydroxylation sites is 1. The Morgan fingerprint density at radius 2 is 2.21 bits per heavy atom. The Bertz CT molecular complexity index is 474. The number of benzene rings is 1. The van der Waals surface area contributed by atoms with Gasteiger partial charge in [-0.2, -0.15) is 0 Å². The molecule has 0 saturated carbocycles. The summed E-state index contributed by atoms with van der Waals surface area (Å²) in [6.45, 7) is 3.22. The van der Waals surface area contributed by atoms with Crippen LogP contribution in [0, 0.1) is 5.92 Å². The van der Waals surface area contributed by atoms with Gasteiger partial charge in [0.1, 0.15) is 0 Å². The van der Waals surface area contributed by atoms with Crippen LogP contribution in [0.3, 0.4) is 0 Å². The molecule has 0 aliphatic carbocycles. The second-order valence-electron chi connectivity index (χ2n) is 5.19. The predicted molar refractivity (Wildman–Crippen MR) is 72.0 cm³/mol. The van der Waals surface area contributed by atoms with Crippen LogP contribution in [0.15, 0.2) is 18.2 Å². The molecule has 2 rings (SSSR count). The number of carbonyl (C=O) groups is 1. The largest absolute Gasteiger partial charge is 0.504 e. The first kappa shape index (κ1) is 13.7. The monoisotopic (exact) mass is 264 g/mol. The van der Waals surface area contributed by atoms with Gasteiger partial charge in [0.05, 0.1) is 5.56 Å². The van der Waals surface area contributed by atoms with Crippen LogP contribution < -0.4 is 5.73 Å². The van der Waals surface area contributed by atoms with Gasteiger partial charge in [-0.25, -0.2) is 0 Å². The molecule has 0 spiro atoms. The fraction of sp³-hybridized carbons (Fsp3) is 0.500. The number of likely N-dealkylation sites (tertiary alicyclic amines) is 1. The van der Waals surface area contributed by atoms with E-state index in [9.17, 15) is 15.0 Å². The van der Waals surface area contributed by atoms with Gasteiger partial charge >= 0.3 is 0 Å². The predicted octanol–water partition coefficient (Wildman–Crippen LogP) is 1.30. The summed E-state index contributed by atoms with van der Waals surface area (Å²) in [4.78, 5) is 14.1. The second-order valence-corrected chi connectivity index (χ2v) is 5.19. The van der Waals surface area contributed by atoms with E-state index < -0.39 is 0 Å². The average Bonchev–Trinajstić information content (AvgIpc) is 2.41. The van der Waals surface area contributed by atoms with E-state index in [2.05, 4.69) is 0 Å². The lowest BCUT2D eigenvalue weighted by Crippen LogP contribution is -2.45. The van der Waals surface area contributed by atoms with E-state index in [0.717, 1.165) is 12.8 Å². The van der Waals surface area contributed by atoms with E-state index >= 15 is 0 Å². The molecule has 1 aliphatic rings. The highest BCUT2D eigenvalue weighted by Gasteiger charge is 2.28. The molecule has 2 atom stereocenters. The molecule has 1 aromatic carbocycles. The summed E-state index contributed by atoms with van der Waals surface area (Å²) in [6, 6.07) is 4.48. The maximum atomic E-state index is 12.4. The zero-order valence-electron chi connectivity index (χ0n) is 11.0. The first-order valence-electron chi connectivity index (χ1n) is 6.56. The highest BCUT2D eigenvalue weighted by atomic mass is 16.3. The van der Waals surface area contributed by atoms with Gasteiger partial charge < -0.3 is 20.8 Å². The lowest BCUT2D eigenvalue weighted by molar-refractivity contribution is 0.0657. The number of aromatic hydroxyl groups is 2. The van der Waals surface area contributed by atoms with Crippen LogP contribution in [0.4, 0.5) is 0 Å². The Hall–Kier alpha value is -1.75. The summed E-state index contributed by atoms with van der Waals surface area (Å²) in [5, 5.41) is 19.2. The zero-order chi connectivity index (χ0) is 14.0. The van der Waals surface area contributed by atoms with Crippen molar-refractivity contribution in [3.63, 3.8) is 0 Å². The molecule has 1 saturated heterocycles. The van der Waals surface area contributed by atoms with Crippen molar-refractivity contribution >= 4 is 5.91 Å². The number of rotatable bonds is 2.